The van der Waals surface area contributed by atoms with Gasteiger partial charge in [-0.1, -0.05) is 105 Å². The van der Waals surface area contributed by atoms with Gasteiger partial charge in [0.25, 0.3) is 0 Å². The standard InChI is InChI=1S/C18H11BrO.C12H9BO3.C6H4BrI/c19-14-5-3-4-12(10-14)13-8-9-18-16(11-13)15-6-1-2-7-17(15)20-18;14-13(15)8-5-6-12-10(7-8)9-3-1-2-4-11(9)16-12;7-5-2-1-3-6(8)4-5/h1-11H;1-7,14-15H;1-4H. The largest absolute Gasteiger partial charge is 0.488 e. The Labute approximate surface area is 284 Å². The quantitative estimate of drug-likeness (QED) is 0.135. The lowest BCUT2D eigenvalue weighted by molar-refractivity contribution is 0.426. The molecular formula is C36H24BBr2IO4. The minimum absolute atomic E-state index is 0.471. The Morgan fingerprint density at radius 3 is 1.57 bits per heavy atom. The third-order valence-corrected chi connectivity index (χ3v) is 8.68. The molecule has 8 heteroatoms. The van der Waals surface area contributed by atoms with Gasteiger partial charge in [0, 0.05) is 34.1 Å². The number of para-hydroxylation sites is 2. The smallest absolute Gasteiger partial charge is 0.456 e. The molecule has 2 aromatic heterocycles. The van der Waals surface area contributed by atoms with Gasteiger partial charge in [-0.25, -0.2) is 0 Å². The minimum atomic E-state index is -1.45. The first-order valence-corrected chi connectivity index (χ1v) is 16.4. The van der Waals surface area contributed by atoms with Crippen LogP contribution in [0.4, 0.5) is 0 Å². The Morgan fingerprint density at radius 2 is 1.00 bits per heavy atom. The van der Waals surface area contributed by atoms with E-state index < -0.39 is 7.12 Å². The Hall–Kier alpha value is -3.41. The van der Waals surface area contributed by atoms with Gasteiger partial charge in [0.2, 0.25) is 0 Å². The van der Waals surface area contributed by atoms with Crippen LogP contribution >= 0.6 is 54.5 Å². The molecule has 4 nitrogen and oxygen atoms in total. The highest BCUT2D eigenvalue weighted by molar-refractivity contribution is 14.1. The summed E-state index contributed by atoms with van der Waals surface area (Å²) in [5.41, 5.74) is 6.31. The summed E-state index contributed by atoms with van der Waals surface area (Å²) in [6.07, 6.45) is 0. The second-order valence-electron chi connectivity index (χ2n) is 9.99. The van der Waals surface area contributed by atoms with Gasteiger partial charge in [0.15, 0.2) is 0 Å². The summed E-state index contributed by atoms with van der Waals surface area (Å²) in [5, 5.41) is 22.5. The van der Waals surface area contributed by atoms with E-state index >= 15 is 0 Å². The minimum Gasteiger partial charge on any atom is -0.456 e. The van der Waals surface area contributed by atoms with Crippen LogP contribution in [0.2, 0.25) is 0 Å². The van der Waals surface area contributed by atoms with E-state index in [1.807, 2.05) is 66.7 Å². The topological polar surface area (TPSA) is 66.7 Å². The van der Waals surface area contributed by atoms with E-state index in [2.05, 4.69) is 103 Å². The highest BCUT2D eigenvalue weighted by Crippen LogP contribution is 2.33. The number of hydrogen-bond donors (Lipinski definition) is 2. The molecule has 0 bridgehead atoms. The van der Waals surface area contributed by atoms with Crippen molar-refractivity contribution in [2.75, 3.05) is 0 Å². The summed E-state index contributed by atoms with van der Waals surface area (Å²) < 4.78 is 15.0. The molecular weight excluding hydrogens is 794 g/mol. The van der Waals surface area contributed by atoms with Crippen LogP contribution in [0, 0.1) is 3.57 Å². The molecule has 8 aromatic rings. The van der Waals surface area contributed by atoms with Crippen molar-refractivity contribution < 1.29 is 18.9 Å². The lowest BCUT2D eigenvalue weighted by Gasteiger charge is -2.02. The molecule has 0 saturated carbocycles. The van der Waals surface area contributed by atoms with Gasteiger partial charge in [-0.05, 0) is 99.8 Å². The Balaban J connectivity index is 0.000000128. The molecule has 216 valence electrons. The summed E-state index contributed by atoms with van der Waals surface area (Å²) in [4.78, 5) is 0. The molecule has 0 amide bonds. The van der Waals surface area contributed by atoms with Crippen LogP contribution in [0.25, 0.3) is 55.0 Å². The van der Waals surface area contributed by atoms with Gasteiger partial charge in [0.1, 0.15) is 22.3 Å². The molecule has 0 spiro atoms. The highest BCUT2D eigenvalue weighted by atomic mass is 127. The molecule has 8 rings (SSSR count). The number of rotatable bonds is 2. The van der Waals surface area contributed by atoms with Crippen molar-refractivity contribution in [3.05, 3.63) is 146 Å². The van der Waals surface area contributed by atoms with Crippen LogP contribution in [0.5, 0.6) is 0 Å². The van der Waals surface area contributed by atoms with Crippen LogP contribution in [0.15, 0.2) is 151 Å². The first-order valence-electron chi connectivity index (χ1n) is 13.7. The van der Waals surface area contributed by atoms with Crippen molar-refractivity contribution in [3.8, 4) is 11.1 Å². The Bertz CT molecular complexity index is 2210. The van der Waals surface area contributed by atoms with Gasteiger partial charge in [0.05, 0.1) is 0 Å². The van der Waals surface area contributed by atoms with E-state index in [0.717, 1.165) is 47.4 Å². The van der Waals surface area contributed by atoms with Crippen LogP contribution < -0.4 is 5.46 Å². The second kappa shape index (κ2) is 13.7. The van der Waals surface area contributed by atoms with E-state index in [4.69, 9.17) is 18.9 Å². The fourth-order valence-electron chi connectivity index (χ4n) is 4.94. The third kappa shape index (κ3) is 6.95. The number of benzene rings is 6. The van der Waals surface area contributed by atoms with Gasteiger partial charge in [-0.2, -0.15) is 0 Å². The molecule has 0 saturated heterocycles. The maximum atomic E-state index is 9.12. The predicted molar refractivity (Wildman–Crippen MR) is 197 cm³/mol. The molecule has 0 aliphatic heterocycles. The van der Waals surface area contributed by atoms with Gasteiger partial charge < -0.3 is 18.9 Å². The number of furan rings is 2. The maximum absolute atomic E-state index is 9.12. The van der Waals surface area contributed by atoms with Crippen molar-refractivity contribution in [2.24, 2.45) is 0 Å². The predicted octanol–water partition coefficient (Wildman–Crippen LogP) is 10.3. The summed E-state index contributed by atoms with van der Waals surface area (Å²) in [6.45, 7) is 0. The van der Waals surface area contributed by atoms with Crippen molar-refractivity contribution in [3.63, 3.8) is 0 Å². The fraction of sp³-hybridized carbons (Fsp3) is 0. The number of halogens is 3. The van der Waals surface area contributed by atoms with Crippen molar-refractivity contribution in [1.29, 1.82) is 0 Å². The molecule has 44 heavy (non-hydrogen) atoms. The second-order valence-corrected chi connectivity index (χ2v) is 13.1. The normalized spacial score (nSPS) is 10.8. The zero-order valence-corrected chi connectivity index (χ0v) is 28.5. The molecule has 0 radical (unpaired) electrons. The molecule has 2 N–H and O–H groups in total. The van der Waals surface area contributed by atoms with Crippen LogP contribution in [-0.4, -0.2) is 17.2 Å². The Kier molecular flexibility index (Phi) is 9.54. The van der Waals surface area contributed by atoms with Crippen molar-refractivity contribution >= 4 is 111 Å². The van der Waals surface area contributed by atoms with E-state index in [0.29, 0.717) is 5.46 Å². The lowest BCUT2D eigenvalue weighted by Crippen LogP contribution is -2.29. The van der Waals surface area contributed by atoms with E-state index in [1.54, 1.807) is 18.2 Å². The zero-order valence-electron chi connectivity index (χ0n) is 23.1. The summed E-state index contributed by atoms with van der Waals surface area (Å²) in [5.74, 6) is 0. The summed E-state index contributed by atoms with van der Waals surface area (Å²) in [7, 11) is -1.45. The van der Waals surface area contributed by atoms with Crippen LogP contribution in [0.3, 0.4) is 0 Å². The van der Waals surface area contributed by atoms with Crippen molar-refractivity contribution in [2.45, 2.75) is 0 Å². The first kappa shape index (κ1) is 30.6. The van der Waals surface area contributed by atoms with Gasteiger partial charge >= 0.3 is 7.12 Å². The molecule has 2 heterocycles. The maximum Gasteiger partial charge on any atom is 0.488 e. The molecule has 0 aliphatic rings. The monoisotopic (exact) mass is 816 g/mol. The fourth-order valence-corrected chi connectivity index (χ4v) is 6.71. The summed E-state index contributed by atoms with van der Waals surface area (Å²) in [6, 6.07) is 43.8. The molecule has 0 aliphatic carbocycles. The molecule has 0 atom stereocenters. The average Bonchev–Trinajstić information content (AvgIpc) is 3.59. The van der Waals surface area contributed by atoms with Crippen LogP contribution in [-0.2, 0) is 0 Å². The third-order valence-electron chi connectivity index (χ3n) is 7.02. The van der Waals surface area contributed by atoms with E-state index in [1.165, 1.54) is 20.1 Å². The van der Waals surface area contributed by atoms with Crippen LogP contribution in [0.1, 0.15) is 0 Å². The molecule has 6 aromatic carbocycles. The lowest BCUT2D eigenvalue weighted by atomic mass is 9.80. The number of fused-ring (bicyclic) bond motifs is 6. The molecule has 0 unspecified atom stereocenters. The SMILES string of the molecule is Brc1cccc(-c2ccc3oc4ccccc4c3c2)c1.Brc1cccc(I)c1.OB(O)c1ccc2oc3ccccc3c2c1. The Morgan fingerprint density at radius 1 is 0.477 bits per heavy atom. The van der Waals surface area contributed by atoms with Gasteiger partial charge in [-0.3, -0.25) is 0 Å². The first-order chi connectivity index (χ1) is 21.4. The number of hydrogen-bond acceptors (Lipinski definition) is 4. The zero-order chi connectivity index (χ0) is 30.6. The van der Waals surface area contributed by atoms with Gasteiger partial charge in [-0.15, -0.1) is 0 Å². The average molecular weight is 818 g/mol. The summed E-state index contributed by atoms with van der Waals surface area (Å²) >= 11 is 9.16. The van der Waals surface area contributed by atoms with E-state index in [-0.39, 0.29) is 0 Å². The van der Waals surface area contributed by atoms with E-state index in [9.17, 15) is 0 Å². The molecule has 0 fully saturated rings. The highest BCUT2D eigenvalue weighted by Gasteiger charge is 2.14. The van der Waals surface area contributed by atoms with Crippen molar-refractivity contribution in [1.82, 2.24) is 0 Å².